The first-order valence-electron chi connectivity index (χ1n) is 6.78. The number of nitrogens with two attached hydrogens (primary N) is 1. The van der Waals surface area contributed by atoms with Crippen LogP contribution in [0.4, 0.5) is 8.78 Å². The predicted molar refractivity (Wildman–Crippen MR) is 77.7 cm³/mol. The van der Waals surface area contributed by atoms with E-state index in [9.17, 15) is 8.78 Å². The van der Waals surface area contributed by atoms with Gasteiger partial charge in [-0.05, 0) is 24.1 Å². The Morgan fingerprint density at radius 1 is 1.10 bits per heavy atom. The highest BCUT2D eigenvalue weighted by atomic mass is 19.2. The highest BCUT2D eigenvalue weighted by Gasteiger charge is 2.13. The summed E-state index contributed by atoms with van der Waals surface area (Å²) >= 11 is 0. The van der Waals surface area contributed by atoms with Gasteiger partial charge in [0.05, 0.1) is 5.52 Å². The number of hydrogen-bond donors (Lipinski definition) is 2. The Kier molecular flexibility index (Phi) is 3.66. The van der Waals surface area contributed by atoms with Crippen molar-refractivity contribution in [3.8, 4) is 0 Å². The van der Waals surface area contributed by atoms with Crippen LogP contribution in [0.15, 0.2) is 42.5 Å². The molecule has 108 valence electrons. The van der Waals surface area contributed by atoms with Gasteiger partial charge in [0, 0.05) is 12.5 Å². The van der Waals surface area contributed by atoms with Crippen molar-refractivity contribution in [2.45, 2.75) is 18.9 Å². The molecule has 3 N–H and O–H groups in total. The van der Waals surface area contributed by atoms with E-state index >= 15 is 0 Å². The number of H-pyrrole nitrogens is 1. The first-order valence-corrected chi connectivity index (χ1v) is 6.78. The van der Waals surface area contributed by atoms with Crippen molar-refractivity contribution < 1.29 is 8.78 Å². The average Bonchev–Trinajstić information content (AvgIpc) is 2.93. The number of benzene rings is 2. The average molecular weight is 287 g/mol. The number of aryl methyl sites for hydroxylation is 1. The zero-order chi connectivity index (χ0) is 14.8. The summed E-state index contributed by atoms with van der Waals surface area (Å²) in [5.41, 5.74) is 7.70. The second-order valence-corrected chi connectivity index (χ2v) is 5.00. The Bertz CT molecular complexity index is 753. The molecule has 0 bridgehead atoms. The topological polar surface area (TPSA) is 54.7 Å². The molecule has 0 amide bonds. The predicted octanol–water partition coefficient (Wildman–Crippen LogP) is 3.47. The minimum absolute atomic E-state index is 0.0401. The van der Waals surface area contributed by atoms with Crippen LogP contribution in [0, 0.1) is 11.6 Å². The van der Waals surface area contributed by atoms with E-state index in [1.165, 1.54) is 6.07 Å². The smallest absolute Gasteiger partial charge is 0.186 e. The summed E-state index contributed by atoms with van der Waals surface area (Å²) in [6.45, 7) is 0. The quantitative estimate of drug-likeness (QED) is 0.772. The van der Waals surface area contributed by atoms with Crippen LogP contribution in [0.3, 0.4) is 0 Å². The molecular formula is C16H15F2N3. The lowest BCUT2D eigenvalue weighted by Gasteiger charge is -2.10. The van der Waals surface area contributed by atoms with E-state index in [1.807, 2.05) is 30.3 Å². The lowest BCUT2D eigenvalue weighted by molar-refractivity contribution is 0.515. The number of halogens is 2. The molecule has 5 heteroatoms. The zero-order valence-electron chi connectivity index (χ0n) is 11.3. The van der Waals surface area contributed by atoms with E-state index in [2.05, 4.69) is 9.97 Å². The summed E-state index contributed by atoms with van der Waals surface area (Å²) in [5, 5.41) is 0. The minimum Gasteiger partial charge on any atom is -0.342 e. The summed E-state index contributed by atoms with van der Waals surface area (Å²) in [7, 11) is 0. The molecule has 0 radical (unpaired) electrons. The van der Waals surface area contributed by atoms with Gasteiger partial charge in [-0.3, -0.25) is 0 Å². The lowest BCUT2D eigenvalue weighted by Crippen LogP contribution is -2.11. The highest BCUT2D eigenvalue weighted by Crippen LogP contribution is 2.20. The number of hydrogen-bond acceptors (Lipinski definition) is 2. The van der Waals surface area contributed by atoms with Gasteiger partial charge in [-0.25, -0.2) is 13.8 Å². The molecule has 0 aliphatic rings. The minimum atomic E-state index is -0.914. The Labute approximate surface area is 120 Å². The maximum atomic E-state index is 13.6. The summed E-state index contributed by atoms with van der Waals surface area (Å²) in [6.07, 6.45) is 1.25. The molecule has 0 saturated heterocycles. The van der Waals surface area contributed by atoms with Crippen molar-refractivity contribution >= 4 is 11.0 Å². The molecule has 1 unspecified atom stereocenters. The van der Waals surface area contributed by atoms with Crippen molar-refractivity contribution in [1.82, 2.24) is 9.97 Å². The molecule has 3 rings (SSSR count). The molecule has 2 aromatic carbocycles. The van der Waals surface area contributed by atoms with E-state index in [1.54, 1.807) is 0 Å². The fourth-order valence-electron chi connectivity index (χ4n) is 2.35. The number of aromatic amines is 1. The third-order valence-electron chi connectivity index (χ3n) is 3.51. The monoisotopic (exact) mass is 287 g/mol. The standard InChI is InChI=1S/C16H15F2N3/c17-11-6-8-13-16(15(11)18)21-14(20-13)9-7-12(19)10-4-2-1-3-5-10/h1-6,8,12H,7,9,19H2,(H,20,21). The summed E-state index contributed by atoms with van der Waals surface area (Å²) in [5.74, 6) is -1.19. The Balaban J connectivity index is 1.75. The van der Waals surface area contributed by atoms with E-state index in [4.69, 9.17) is 5.73 Å². The Morgan fingerprint density at radius 2 is 1.86 bits per heavy atom. The third-order valence-corrected chi connectivity index (χ3v) is 3.51. The molecule has 0 spiro atoms. The maximum Gasteiger partial charge on any atom is 0.186 e. The van der Waals surface area contributed by atoms with Crippen LogP contribution in [-0.4, -0.2) is 9.97 Å². The first-order chi connectivity index (χ1) is 10.1. The number of aromatic nitrogens is 2. The van der Waals surface area contributed by atoms with Gasteiger partial charge in [0.25, 0.3) is 0 Å². The van der Waals surface area contributed by atoms with E-state index in [-0.39, 0.29) is 11.6 Å². The number of nitrogens with one attached hydrogen (secondary N) is 1. The lowest BCUT2D eigenvalue weighted by atomic mass is 10.0. The SMILES string of the molecule is NC(CCc1nc2c(F)c(F)ccc2[nH]1)c1ccccc1. The van der Waals surface area contributed by atoms with Crippen molar-refractivity contribution in [3.63, 3.8) is 0 Å². The van der Waals surface area contributed by atoms with Crippen LogP contribution in [0.5, 0.6) is 0 Å². The van der Waals surface area contributed by atoms with Crippen LogP contribution >= 0.6 is 0 Å². The normalized spacial score (nSPS) is 12.7. The van der Waals surface area contributed by atoms with Gasteiger partial charge in [-0.15, -0.1) is 0 Å². The van der Waals surface area contributed by atoms with Crippen LogP contribution in [0.2, 0.25) is 0 Å². The molecule has 0 aliphatic heterocycles. The summed E-state index contributed by atoms with van der Waals surface area (Å²) in [6, 6.07) is 12.2. The van der Waals surface area contributed by atoms with Gasteiger partial charge < -0.3 is 10.7 Å². The third kappa shape index (κ3) is 2.78. The van der Waals surface area contributed by atoms with Crippen LogP contribution in [-0.2, 0) is 6.42 Å². The van der Waals surface area contributed by atoms with Crippen molar-refractivity contribution in [3.05, 3.63) is 65.5 Å². The van der Waals surface area contributed by atoms with Gasteiger partial charge in [0.2, 0.25) is 0 Å². The Hall–Kier alpha value is -2.27. The first kappa shape index (κ1) is 13.7. The molecule has 1 atom stereocenters. The molecule has 1 aromatic heterocycles. The van der Waals surface area contributed by atoms with Crippen molar-refractivity contribution in [2.75, 3.05) is 0 Å². The molecule has 3 aromatic rings. The van der Waals surface area contributed by atoms with Gasteiger partial charge >= 0.3 is 0 Å². The van der Waals surface area contributed by atoms with Crippen LogP contribution in [0.25, 0.3) is 11.0 Å². The molecule has 0 aliphatic carbocycles. The van der Waals surface area contributed by atoms with Crippen molar-refractivity contribution in [1.29, 1.82) is 0 Å². The van der Waals surface area contributed by atoms with Crippen LogP contribution in [0.1, 0.15) is 23.9 Å². The Morgan fingerprint density at radius 3 is 2.62 bits per heavy atom. The fourth-order valence-corrected chi connectivity index (χ4v) is 2.35. The zero-order valence-corrected chi connectivity index (χ0v) is 11.3. The summed E-state index contributed by atoms with van der Waals surface area (Å²) < 4.78 is 26.7. The molecule has 0 fully saturated rings. The van der Waals surface area contributed by atoms with Crippen molar-refractivity contribution in [2.24, 2.45) is 5.73 Å². The maximum absolute atomic E-state index is 13.6. The number of fused-ring (bicyclic) bond motifs is 1. The van der Waals surface area contributed by atoms with Gasteiger partial charge in [0.15, 0.2) is 11.6 Å². The molecule has 0 saturated carbocycles. The molecule has 3 nitrogen and oxygen atoms in total. The van der Waals surface area contributed by atoms with Gasteiger partial charge in [-0.1, -0.05) is 30.3 Å². The highest BCUT2D eigenvalue weighted by molar-refractivity contribution is 5.75. The van der Waals surface area contributed by atoms with E-state index < -0.39 is 11.6 Å². The van der Waals surface area contributed by atoms with Gasteiger partial charge in [0.1, 0.15) is 11.3 Å². The number of imidazole rings is 1. The molecule has 1 heterocycles. The van der Waals surface area contributed by atoms with Crippen LogP contribution < -0.4 is 5.73 Å². The largest absolute Gasteiger partial charge is 0.342 e. The fraction of sp³-hybridized carbons (Fsp3) is 0.188. The number of rotatable bonds is 4. The molecular weight excluding hydrogens is 272 g/mol. The second kappa shape index (κ2) is 5.61. The second-order valence-electron chi connectivity index (χ2n) is 5.00. The molecule has 21 heavy (non-hydrogen) atoms. The van der Waals surface area contributed by atoms with Gasteiger partial charge in [-0.2, -0.15) is 0 Å². The van der Waals surface area contributed by atoms with E-state index in [0.29, 0.717) is 24.2 Å². The van der Waals surface area contributed by atoms with E-state index in [0.717, 1.165) is 11.6 Å². The summed E-state index contributed by atoms with van der Waals surface area (Å²) in [4.78, 5) is 7.11. The number of nitrogens with zero attached hydrogens (tertiary/aromatic N) is 1.